The second-order valence-corrected chi connectivity index (χ2v) is 4.18. The van der Waals surface area contributed by atoms with E-state index in [1.165, 1.54) is 6.07 Å². The van der Waals surface area contributed by atoms with Crippen molar-refractivity contribution in [2.75, 3.05) is 0 Å². The fourth-order valence-corrected chi connectivity index (χ4v) is 1.81. The number of aliphatic carboxylic acids is 1. The lowest BCUT2D eigenvalue weighted by Crippen LogP contribution is -2.50. The Kier molecular flexibility index (Phi) is 4.78. The molecule has 1 aromatic carbocycles. The molecule has 1 aromatic rings. The molecule has 0 heterocycles. The summed E-state index contributed by atoms with van der Waals surface area (Å²) in [6, 6.07) is 3.26. The van der Waals surface area contributed by atoms with Crippen molar-refractivity contribution in [1.29, 1.82) is 0 Å². The number of carboxylic acid groups (broad SMARTS) is 1. The van der Waals surface area contributed by atoms with Gasteiger partial charge in [0.15, 0.2) is 0 Å². The van der Waals surface area contributed by atoms with E-state index < -0.39 is 23.1 Å². The Morgan fingerprint density at radius 1 is 1.33 bits per heavy atom. The van der Waals surface area contributed by atoms with Crippen molar-refractivity contribution in [2.45, 2.75) is 38.8 Å². The van der Waals surface area contributed by atoms with E-state index in [0.717, 1.165) is 12.1 Å². The van der Waals surface area contributed by atoms with E-state index in [9.17, 15) is 18.7 Å². The Balaban J connectivity index is 2.82. The zero-order valence-corrected chi connectivity index (χ0v) is 10.5. The van der Waals surface area contributed by atoms with Crippen molar-refractivity contribution in [3.63, 3.8) is 0 Å². The second-order valence-electron chi connectivity index (χ2n) is 4.18. The van der Waals surface area contributed by atoms with Crippen LogP contribution < -0.4 is 5.32 Å². The molecule has 0 unspecified atom stereocenters. The zero-order chi connectivity index (χ0) is 13.8. The van der Waals surface area contributed by atoms with Crippen molar-refractivity contribution in [2.24, 2.45) is 0 Å². The number of hydrogen-bond acceptors (Lipinski definition) is 2. The third kappa shape index (κ3) is 3.04. The molecule has 5 heteroatoms. The van der Waals surface area contributed by atoms with Crippen LogP contribution in [0.5, 0.6) is 0 Å². The first-order chi connectivity index (χ1) is 8.45. The predicted octanol–water partition coefficient (Wildman–Crippen LogP) is 2.70. The summed E-state index contributed by atoms with van der Waals surface area (Å²) in [7, 11) is 0. The average Bonchev–Trinajstić information content (AvgIpc) is 2.32. The molecule has 0 atom stereocenters. The van der Waals surface area contributed by atoms with Crippen LogP contribution in [0.15, 0.2) is 18.2 Å². The highest BCUT2D eigenvalue weighted by Crippen LogP contribution is 2.17. The van der Waals surface area contributed by atoms with Crippen LogP contribution in [0.2, 0.25) is 0 Å². The van der Waals surface area contributed by atoms with Crippen LogP contribution in [-0.4, -0.2) is 16.6 Å². The van der Waals surface area contributed by atoms with Crippen LogP contribution in [0.25, 0.3) is 0 Å². The Morgan fingerprint density at radius 2 is 1.94 bits per heavy atom. The lowest BCUT2D eigenvalue weighted by molar-refractivity contribution is -0.145. The standard InChI is InChI=1S/C13H17F2NO2/c1-3-13(4-2,12(17)18)16-8-9-5-6-10(14)7-11(9)15/h5-7,16H,3-4,8H2,1-2H3,(H,17,18). The lowest BCUT2D eigenvalue weighted by atomic mass is 9.92. The third-order valence-corrected chi connectivity index (χ3v) is 3.25. The van der Waals surface area contributed by atoms with E-state index in [1.807, 2.05) is 0 Å². The van der Waals surface area contributed by atoms with E-state index in [4.69, 9.17) is 0 Å². The minimum absolute atomic E-state index is 0.0556. The predicted molar refractivity (Wildman–Crippen MR) is 64.1 cm³/mol. The quantitative estimate of drug-likeness (QED) is 0.823. The molecule has 0 fully saturated rings. The van der Waals surface area contributed by atoms with E-state index in [2.05, 4.69) is 5.32 Å². The second kappa shape index (κ2) is 5.91. The summed E-state index contributed by atoms with van der Waals surface area (Å²) < 4.78 is 26.1. The zero-order valence-electron chi connectivity index (χ0n) is 10.5. The number of rotatable bonds is 6. The van der Waals surface area contributed by atoms with Gasteiger partial charge in [0.05, 0.1) is 0 Å². The van der Waals surface area contributed by atoms with Crippen LogP contribution in [0.3, 0.4) is 0 Å². The molecule has 0 amide bonds. The molecule has 0 aromatic heterocycles. The molecule has 3 nitrogen and oxygen atoms in total. The van der Waals surface area contributed by atoms with Crippen LogP contribution in [0.4, 0.5) is 8.78 Å². The summed E-state index contributed by atoms with van der Waals surface area (Å²) in [5, 5.41) is 12.0. The number of carboxylic acids is 1. The van der Waals surface area contributed by atoms with Crippen LogP contribution in [0.1, 0.15) is 32.3 Å². The molecule has 0 saturated heterocycles. The Morgan fingerprint density at radius 3 is 2.39 bits per heavy atom. The summed E-state index contributed by atoms with van der Waals surface area (Å²) in [6.45, 7) is 3.57. The number of carbonyl (C=O) groups is 1. The topological polar surface area (TPSA) is 49.3 Å². The molecule has 0 saturated carbocycles. The summed E-state index contributed by atoms with van der Waals surface area (Å²) in [5.41, 5.74) is -0.815. The first kappa shape index (κ1) is 14.6. The van der Waals surface area contributed by atoms with Gasteiger partial charge in [-0.1, -0.05) is 19.9 Å². The number of nitrogens with one attached hydrogen (secondary N) is 1. The van der Waals surface area contributed by atoms with Crippen LogP contribution in [-0.2, 0) is 11.3 Å². The van der Waals surface area contributed by atoms with Gasteiger partial charge in [-0.3, -0.25) is 10.1 Å². The summed E-state index contributed by atoms with van der Waals surface area (Å²) in [4.78, 5) is 11.2. The van der Waals surface area contributed by atoms with Crippen LogP contribution >= 0.6 is 0 Å². The number of benzene rings is 1. The molecule has 1 rings (SSSR count). The molecular formula is C13H17F2NO2. The van der Waals surface area contributed by atoms with E-state index >= 15 is 0 Å². The maximum atomic E-state index is 13.4. The van der Waals surface area contributed by atoms with Gasteiger partial charge in [-0.2, -0.15) is 0 Å². The van der Waals surface area contributed by atoms with E-state index in [-0.39, 0.29) is 12.1 Å². The monoisotopic (exact) mass is 257 g/mol. The minimum Gasteiger partial charge on any atom is -0.480 e. The maximum Gasteiger partial charge on any atom is 0.323 e. The van der Waals surface area contributed by atoms with Gasteiger partial charge in [0.2, 0.25) is 0 Å². The van der Waals surface area contributed by atoms with Gasteiger partial charge in [0.1, 0.15) is 17.2 Å². The first-order valence-corrected chi connectivity index (χ1v) is 5.87. The van der Waals surface area contributed by atoms with Gasteiger partial charge in [-0.15, -0.1) is 0 Å². The summed E-state index contributed by atoms with van der Waals surface area (Å²) in [5.74, 6) is -2.28. The molecule has 0 aliphatic carbocycles. The average molecular weight is 257 g/mol. The SMILES string of the molecule is CCC(CC)(NCc1ccc(F)cc1F)C(=O)O. The molecule has 18 heavy (non-hydrogen) atoms. The maximum absolute atomic E-state index is 13.4. The van der Waals surface area contributed by atoms with Gasteiger partial charge in [0, 0.05) is 18.2 Å². The molecule has 0 aliphatic heterocycles. The smallest absolute Gasteiger partial charge is 0.323 e. The number of halogens is 2. The van der Waals surface area contributed by atoms with Crippen molar-refractivity contribution in [3.05, 3.63) is 35.4 Å². The fourth-order valence-electron chi connectivity index (χ4n) is 1.81. The highest BCUT2D eigenvalue weighted by Gasteiger charge is 2.34. The third-order valence-electron chi connectivity index (χ3n) is 3.25. The highest BCUT2D eigenvalue weighted by molar-refractivity contribution is 5.78. The highest BCUT2D eigenvalue weighted by atomic mass is 19.1. The van der Waals surface area contributed by atoms with E-state index in [1.54, 1.807) is 13.8 Å². The largest absolute Gasteiger partial charge is 0.480 e. The Labute approximate surface area is 105 Å². The van der Waals surface area contributed by atoms with Gasteiger partial charge < -0.3 is 5.11 Å². The molecule has 100 valence electrons. The van der Waals surface area contributed by atoms with Crippen molar-refractivity contribution >= 4 is 5.97 Å². The van der Waals surface area contributed by atoms with Crippen molar-refractivity contribution < 1.29 is 18.7 Å². The normalized spacial score (nSPS) is 11.6. The van der Waals surface area contributed by atoms with Gasteiger partial charge in [-0.25, -0.2) is 8.78 Å². The van der Waals surface area contributed by atoms with E-state index in [0.29, 0.717) is 12.8 Å². The minimum atomic E-state index is -1.07. The molecule has 0 spiro atoms. The molecule has 0 radical (unpaired) electrons. The molecule has 0 aliphatic rings. The fraction of sp³-hybridized carbons (Fsp3) is 0.462. The molecule has 0 bridgehead atoms. The van der Waals surface area contributed by atoms with Crippen LogP contribution in [0, 0.1) is 11.6 Å². The van der Waals surface area contributed by atoms with Crippen molar-refractivity contribution in [3.8, 4) is 0 Å². The molecular weight excluding hydrogens is 240 g/mol. The molecule has 2 N–H and O–H groups in total. The van der Waals surface area contributed by atoms with Gasteiger partial charge in [-0.05, 0) is 18.9 Å². The lowest BCUT2D eigenvalue weighted by Gasteiger charge is -2.28. The summed E-state index contributed by atoms with van der Waals surface area (Å²) in [6.07, 6.45) is 0.781. The Bertz CT molecular complexity index is 431. The summed E-state index contributed by atoms with van der Waals surface area (Å²) >= 11 is 0. The Hall–Kier alpha value is -1.49. The van der Waals surface area contributed by atoms with Crippen molar-refractivity contribution in [1.82, 2.24) is 5.32 Å². The number of hydrogen-bond donors (Lipinski definition) is 2. The first-order valence-electron chi connectivity index (χ1n) is 5.87. The van der Waals surface area contributed by atoms with Gasteiger partial charge >= 0.3 is 5.97 Å². The van der Waals surface area contributed by atoms with Gasteiger partial charge in [0.25, 0.3) is 0 Å².